The first-order chi connectivity index (χ1) is 10.2. The Hall–Kier alpha value is -1.92. The van der Waals surface area contributed by atoms with Gasteiger partial charge in [-0.3, -0.25) is 9.89 Å². The van der Waals surface area contributed by atoms with E-state index in [4.69, 9.17) is 4.74 Å². The van der Waals surface area contributed by atoms with E-state index in [0.717, 1.165) is 42.5 Å². The molecular formula is C15H20N4O2. The van der Waals surface area contributed by atoms with Gasteiger partial charge in [0.1, 0.15) is 0 Å². The van der Waals surface area contributed by atoms with E-state index in [1.54, 1.807) is 13.3 Å². The van der Waals surface area contributed by atoms with Gasteiger partial charge in [-0.2, -0.15) is 5.10 Å². The molecule has 0 atom stereocenters. The lowest BCUT2D eigenvalue weighted by Gasteiger charge is -2.35. The Bertz CT molecular complexity index is 626. The maximum atomic E-state index is 12.7. The molecule has 2 heterocycles. The zero-order valence-corrected chi connectivity index (χ0v) is 12.1. The van der Waals surface area contributed by atoms with E-state index in [2.05, 4.69) is 20.8 Å². The molecule has 0 bridgehead atoms. The monoisotopic (exact) mass is 288 g/mol. The predicted octanol–water partition coefficient (Wildman–Crippen LogP) is 1.52. The number of methoxy groups -OCH3 is 1. The molecule has 0 radical (unpaired) electrons. The zero-order chi connectivity index (χ0) is 14.7. The minimum absolute atomic E-state index is 0.0321. The molecule has 6 nitrogen and oxygen atoms in total. The predicted molar refractivity (Wildman–Crippen MR) is 81.1 cm³/mol. The number of hydrogen-bond donors (Lipinski definition) is 3. The Labute approximate surface area is 123 Å². The lowest BCUT2D eigenvalue weighted by Crippen LogP contribution is -2.47. The van der Waals surface area contributed by atoms with Gasteiger partial charge in [0.05, 0.1) is 23.7 Å². The second kappa shape index (κ2) is 5.83. The number of piperidine rings is 1. The second-order valence-electron chi connectivity index (χ2n) is 5.59. The number of amides is 1. The third kappa shape index (κ3) is 2.77. The molecule has 1 aliphatic rings. The third-order valence-electron chi connectivity index (χ3n) is 4.16. The average molecular weight is 288 g/mol. The van der Waals surface area contributed by atoms with Gasteiger partial charge in [-0.05, 0) is 44.1 Å². The van der Waals surface area contributed by atoms with E-state index < -0.39 is 5.41 Å². The molecule has 1 fully saturated rings. The van der Waals surface area contributed by atoms with Gasteiger partial charge in [-0.1, -0.05) is 0 Å². The average Bonchev–Trinajstić information content (AvgIpc) is 2.96. The molecule has 0 saturated carbocycles. The number of aromatic nitrogens is 2. The number of aromatic amines is 1. The summed E-state index contributed by atoms with van der Waals surface area (Å²) in [6.45, 7) is 2.14. The highest BCUT2D eigenvalue weighted by atomic mass is 16.5. The summed E-state index contributed by atoms with van der Waals surface area (Å²) >= 11 is 0. The van der Waals surface area contributed by atoms with Gasteiger partial charge < -0.3 is 15.4 Å². The molecule has 0 unspecified atom stereocenters. The Kier molecular flexibility index (Phi) is 3.90. The number of benzene rings is 1. The number of carbonyl (C=O) groups excluding carboxylic acids is 1. The fraction of sp³-hybridized carbons (Fsp3) is 0.467. The Morgan fingerprint density at radius 3 is 3.00 bits per heavy atom. The number of H-pyrrole nitrogens is 1. The van der Waals surface area contributed by atoms with Crippen molar-refractivity contribution in [2.24, 2.45) is 5.41 Å². The molecule has 1 aromatic heterocycles. The highest BCUT2D eigenvalue weighted by molar-refractivity contribution is 5.97. The molecule has 1 aromatic carbocycles. The summed E-state index contributed by atoms with van der Waals surface area (Å²) in [4.78, 5) is 12.7. The van der Waals surface area contributed by atoms with E-state index in [1.165, 1.54) is 0 Å². The topological polar surface area (TPSA) is 79.0 Å². The first-order valence-electron chi connectivity index (χ1n) is 7.18. The summed E-state index contributed by atoms with van der Waals surface area (Å²) < 4.78 is 5.30. The molecule has 1 saturated heterocycles. The molecule has 0 aliphatic carbocycles. The van der Waals surface area contributed by atoms with Crippen molar-refractivity contribution in [1.82, 2.24) is 15.5 Å². The first-order valence-corrected chi connectivity index (χ1v) is 7.18. The Morgan fingerprint density at radius 2 is 2.24 bits per heavy atom. The van der Waals surface area contributed by atoms with Crippen LogP contribution in [-0.4, -0.2) is 42.9 Å². The first kappa shape index (κ1) is 14.0. The molecule has 6 heteroatoms. The third-order valence-corrected chi connectivity index (χ3v) is 4.16. The van der Waals surface area contributed by atoms with Crippen LogP contribution in [0.25, 0.3) is 10.9 Å². The SMILES string of the molecule is COCC1(C(=O)Nc2ccc3cn[nH]c3c2)CCNCC1. The van der Waals surface area contributed by atoms with Crippen molar-refractivity contribution in [3.05, 3.63) is 24.4 Å². The van der Waals surface area contributed by atoms with Gasteiger partial charge in [0.2, 0.25) is 5.91 Å². The number of ether oxygens (including phenoxy) is 1. The molecule has 1 aliphatic heterocycles. The second-order valence-corrected chi connectivity index (χ2v) is 5.59. The number of anilines is 1. The maximum absolute atomic E-state index is 12.7. The molecular weight excluding hydrogens is 268 g/mol. The number of rotatable bonds is 4. The number of hydrogen-bond acceptors (Lipinski definition) is 4. The standard InChI is InChI=1S/C15H20N4O2/c1-21-10-15(4-6-16-7-5-15)14(20)18-12-3-2-11-9-17-19-13(11)8-12/h2-3,8-9,16H,4-7,10H2,1H3,(H,17,19)(H,18,20). The highest BCUT2D eigenvalue weighted by Crippen LogP contribution is 2.31. The molecule has 2 aromatic rings. The lowest BCUT2D eigenvalue weighted by atomic mass is 9.78. The fourth-order valence-corrected chi connectivity index (χ4v) is 2.90. The van der Waals surface area contributed by atoms with E-state index in [1.807, 2.05) is 18.2 Å². The number of nitrogens with zero attached hydrogens (tertiary/aromatic N) is 1. The summed E-state index contributed by atoms with van der Waals surface area (Å²) in [7, 11) is 1.65. The fourth-order valence-electron chi connectivity index (χ4n) is 2.90. The summed E-state index contributed by atoms with van der Waals surface area (Å²) in [5, 5.41) is 14.2. The quantitative estimate of drug-likeness (QED) is 0.797. The molecule has 112 valence electrons. The molecule has 0 spiro atoms. The normalized spacial score (nSPS) is 17.8. The van der Waals surface area contributed by atoms with Crippen LogP contribution in [0.5, 0.6) is 0 Å². The van der Waals surface area contributed by atoms with Crippen LogP contribution in [0.1, 0.15) is 12.8 Å². The van der Waals surface area contributed by atoms with Crippen LogP contribution < -0.4 is 10.6 Å². The van der Waals surface area contributed by atoms with Gasteiger partial charge in [0.15, 0.2) is 0 Å². The maximum Gasteiger partial charge on any atom is 0.233 e. The van der Waals surface area contributed by atoms with E-state index in [-0.39, 0.29) is 5.91 Å². The minimum atomic E-state index is -0.442. The van der Waals surface area contributed by atoms with Gasteiger partial charge in [0.25, 0.3) is 0 Å². The minimum Gasteiger partial charge on any atom is -0.384 e. The van der Waals surface area contributed by atoms with Crippen LogP contribution in [0.4, 0.5) is 5.69 Å². The van der Waals surface area contributed by atoms with Crippen LogP contribution in [0.3, 0.4) is 0 Å². The van der Waals surface area contributed by atoms with Crippen LogP contribution in [-0.2, 0) is 9.53 Å². The number of carbonyl (C=O) groups is 1. The largest absolute Gasteiger partial charge is 0.384 e. The molecule has 1 amide bonds. The van der Waals surface area contributed by atoms with Gasteiger partial charge in [-0.25, -0.2) is 0 Å². The highest BCUT2D eigenvalue weighted by Gasteiger charge is 2.39. The molecule has 3 rings (SSSR count). The van der Waals surface area contributed by atoms with Crippen molar-refractivity contribution in [1.29, 1.82) is 0 Å². The van der Waals surface area contributed by atoms with Crippen molar-refractivity contribution >= 4 is 22.5 Å². The summed E-state index contributed by atoms with van der Waals surface area (Å²) in [5.41, 5.74) is 1.26. The Morgan fingerprint density at radius 1 is 1.43 bits per heavy atom. The lowest BCUT2D eigenvalue weighted by molar-refractivity contribution is -0.130. The number of fused-ring (bicyclic) bond motifs is 1. The van der Waals surface area contributed by atoms with Crippen molar-refractivity contribution in [2.45, 2.75) is 12.8 Å². The van der Waals surface area contributed by atoms with Crippen LogP contribution in [0.15, 0.2) is 24.4 Å². The zero-order valence-electron chi connectivity index (χ0n) is 12.1. The van der Waals surface area contributed by atoms with Crippen molar-refractivity contribution in [3.63, 3.8) is 0 Å². The molecule has 3 N–H and O–H groups in total. The Balaban J connectivity index is 1.79. The molecule has 21 heavy (non-hydrogen) atoms. The smallest absolute Gasteiger partial charge is 0.233 e. The van der Waals surface area contributed by atoms with Crippen molar-refractivity contribution < 1.29 is 9.53 Å². The van der Waals surface area contributed by atoms with Gasteiger partial charge in [-0.15, -0.1) is 0 Å². The number of nitrogens with one attached hydrogen (secondary N) is 3. The summed E-state index contributed by atoms with van der Waals surface area (Å²) in [6.07, 6.45) is 3.35. The van der Waals surface area contributed by atoms with Gasteiger partial charge in [0, 0.05) is 18.2 Å². The van der Waals surface area contributed by atoms with Crippen molar-refractivity contribution in [2.75, 3.05) is 32.1 Å². The van der Waals surface area contributed by atoms with Crippen molar-refractivity contribution in [3.8, 4) is 0 Å². The van der Waals surface area contributed by atoms with Gasteiger partial charge >= 0.3 is 0 Å². The van der Waals surface area contributed by atoms with E-state index >= 15 is 0 Å². The van der Waals surface area contributed by atoms with Crippen LogP contribution >= 0.6 is 0 Å². The van der Waals surface area contributed by atoms with Crippen LogP contribution in [0.2, 0.25) is 0 Å². The van der Waals surface area contributed by atoms with Crippen LogP contribution in [0, 0.1) is 5.41 Å². The summed E-state index contributed by atoms with van der Waals surface area (Å²) in [6, 6.07) is 5.75. The van der Waals surface area contributed by atoms with E-state index in [9.17, 15) is 4.79 Å². The summed E-state index contributed by atoms with van der Waals surface area (Å²) in [5.74, 6) is 0.0321. The van der Waals surface area contributed by atoms with E-state index in [0.29, 0.717) is 6.61 Å².